The molecule has 16 heavy (non-hydrogen) atoms. The number of rotatable bonds is 1. The fourth-order valence-electron chi connectivity index (χ4n) is 2.90. The first-order valence-corrected chi connectivity index (χ1v) is 6.02. The average molecular weight is 218 g/mol. The summed E-state index contributed by atoms with van der Waals surface area (Å²) in [6.45, 7) is 1.03. The minimum atomic E-state index is 0.266. The number of anilines is 2. The number of benzene rings is 1. The van der Waals surface area contributed by atoms with Crippen LogP contribution in [0.5, 0.6) is 5.75 Å². The zero-order valence-electron chi connectivity index (χ0n) is 9.68. The normalized spacial score (nSPS) is 21.1. The van der Waals surface area contributed by atoms with Crippen molar-refractivity contribution in [3.63, 3.8) is 0 Å². The van der Waals surface area contributed by atoms with Gasteiger partial charge in [-0.15, -0.1) is 0 Å². The fraction of sp³-hybridized carbons (Fsp3) is 0.538. The summed E-state index contributed by atoms with van der Waals surface area (Å²) >= 11 is 0. The first kappa shape index (κ1) is 9.82. The van der Waals surface area contributed by atoms with Gasteiger partial charge in [0.15, 0.2) is 0 Å². The van der Waals surface area contributed by atoms with E-state index in [2.05, 4.69) is 16.7 Å². The zero-order chi connectivity index (χ0) is 11.0. The van der Waals surface area contributed by atoms with Gasteiger partial charge in [-0.1, -0.05) is 18.9 Å². The third-order valence-corrected chi connectivity index (χ3v) is 3.81. The van der Waals surface area contributed by atoms with E-state index >= 15 is 0 Å². The van der Waals surface area contributed by atoms with E-state index < -0.39 is 0 Å². The Bertz CT molecular complexity index is 383. The predicted molar refractivity (Wildman–Crippen MR) is 66.3 cm³/mol. The van der Waals surface area contributed by atoms with E-state index in [0.29, 0.717) is 0 Å². The lowest BCUT2D eigenvalue weighted by molar-refractivity contribution is 0.411. The highest BCUT2D eigenvalue weighted by atomic mass is 16.5. The van der Waals surface area contributed by atoms with Gasteiger partial charge in [0.05, 0.1) is 18.3 Å². The summed E-state index contributed by atoms with van der Waals surface area (Å²) in [5.74, 6) is 0.941. The summed E-state index contributed by atoms with van der Waals surface area (Å²) in [5, 5.41) is 7.23. The largest absolute Gasteiger partial charge is 0.495 e. The molecule has 1 fully saturated rings. The van der Waals surface area contributed by atoms with Crippen molar-refractivity contribution < 1.29 is 4.74 Å². The molecular formula is C13H18N2O. The van der Waals surface area contributed by atoms with E-state index in [4.69, 9.17) is 4.74 Å². The van der Waals surface area contributed by atoms with Crippen LogP contribution in [-0.4, -0.2) is 19.2 Å². The molecule has 1 aromatic carbocycles. The Hall–Kier alpha value is -1.38. The van der Waals surface area contributed by atoms with E-state index in [1.807, 2.05) is 12.1 Å². The third kappa shape index (κ3) is 1.42. The van der Waals surface area contributed by atoms with Crippen LogP contribution in [0.3, 0.4) is 0 Å². The number of methoxy groups -OCH3 is 1. The lowest BCUT2D eigenvalue weighted by Gasteiger charge is -2.38. The SMILES string of the molecule is COc1cccc2c1NC1(CCCC1)CN2. The highest BCUT2D eigenvalue weighted by Crippen LogP contribution is 2.43. The van der Waals surface area contributed by atoms with E-state index in [0.717, 1.165) is 23.7 Å². The smallest absolute Gasteiger partial charge is 0.144 e. The van der Waals surface area contributed by atoms with Crippen LogP contribution in [0.4, 0.5) is 11.4 Å². The molecule has 0 aromatic heterocycles. The van der Waals surface area contributed by atoms with Crippen molar-refractivity contribution in [3.8, 4) is 5.75 Å². The van der Waals surface area contributed by atoms with Crippen molar-refractivity contribution in [2.24, 2.45) is 0 Å². The molecule has 1 aromatic rings. The van der Waals surface area contributed by atoms with Crippen LogP contribution in [0.2, 0.25) is 0 Å². The van der Waals surface area contributed by atoms with Gasteiger partial charge in [-0.2, -0.15) is 0 Å². The third-order valence-electron chi connectivity index (χ3n) is 3.81. The Labute approximate surface area is 96.2 Å². The van der Waals surface area contributed by atoms with Gasteiger partial charge in [-0.3, -0.25) is 0 Å². The molecule has 0 radical (unpaired) electrons. The molecule has 86 valence electrons. The van der Waals surface area contributed by atoms with Gasteiger partial charge in [0.2, 0.25) is 0 Å². The maximum absolute atomic E-state index is 5.41. The summed E-state index contributed by atoms with van der Waals surface area (Å²) < 4.78 is 5.41. The van der Waals surface area contributed by atoms with E-state index in [9.17, 15) is 0 Å². The predicted octanol–water partition coefficient (Wildman–Crippen LogP) is 2.85. The second kappa shape index (κ2) is 3.58. The molecule has 1 spiro atoms. The number of ether oxygens (including phenoxy) is 1. The summed E-state index contributed by atoms with van der Waals surface area (Å²) in [6.07, 6.45) is 5.19. The van der Waals surface area contributed by atoms with Crippen LogP contribution >= 0.6 is 0 Å². The molecule has 3 nitrogen and oxygen atoms in total. The molecule has 1 aliphatic carbocycles. The number of fused-ring (bicyclic) bond motifs is 1. The number of hydrogen-bond donors (Lipinski definition) is 2. The van der Waals surface area contributed by atoms with Gasteiger partial charge < -0.3 is 15.4 Å². The Morgan fingerprint density at radius 3 is 2.81 bits per heavy atom. The lowest BCUT2D eigenvalue weighted by atomic mass is 9.94. The van der Waals surface area contributed by atoms with Crippen molar-refractivity contribution >= 4 is 11.4 Å². The van der Waals surface area contributed by atoms with Crippen LogP contribution in [-0.2, 0) is 0 Å². The number of nitrogens with one attached hydrogen (secondary N) is 2. The summed E-state index contributed by atoms with van der Waals surface area (Å²) in [6, 6.07) is 6.15. The van der Waals surface area contributed by atoms with Crippen molar-refractivity contribution in [2.45, 2.75) is 31.2 Å². The minimum absolute atomic E-state index is 0.266. The quantitative estimate of drug-likeness (QED) is 0.760. The summed E-state index contributed by atoms with van der Waals surface area (Å²) in [5.41, 5.74) is 2.57. The van der Waals surface area contributed by atoms with Crippen molar-refractivity contribution in [1.82, 2.24) is 0 Å². The Balaban J connectivity index is 1.97. The van der Waals surface area contributed by atoms with Gasteiger partial charge in [-0.25, -0.2) is 0 Å². The molecule has 0 amide bonds. The molecule has 3 rings (SSSR count). The molecule has 1 heterocycles. The van der Waals surface area contributed by atoms with Crippen molar-refractivity contribution in [2.75, 3.05) is 24.3 Å². The molecule has 3 heteroatoms. The Morgan fingerprint density at radius 1 is 1.25 bits per heavy atom. The molecule has 0 atom stereocenters. The van der Waals surface area contributed by atoms with Gasteiger partial charge >= 0.3 is 0 Å². The van der Waals surface area contributed by atoms with Crippen LogP contribution in [0.1, 0.15) is 25.7 Å². The van der Waals surface area contributed by atoms with Gasteiger partial charge in [0.1, 0.15) is 11.4 Å². The second-order valence-electron chi connectivity index (χ2n) is 4.85. The first-order chi connectivity index (χ1) is 7.83. The van der Waals surface area contributed by atoms with Gasteiger partial charge in [0, 0.05) is 6.54 Å². The van der Waals surface area contributed by atoms with Crippen LogP contribution in [0, 0.1) is 0 Å². The maximum Gasteiger partial charge on any atom is 0.144 e. The molecule has 1 saturated carbocycles. The number of para-hydroxylation sites is 1. The van der Waals surface area contributed by atoms with Crippen LogP contribution in [0.25, 0.3) is 0 Å². The molecule has 0 saturated heterocycles. The van der Waals surface area contributed by atoms with Gasteiger partial charge in [0.25, 0.3) is 0 Å². The highest BCUT2D eigenvalue weighted by Gasteiger charge is 2.37. The fourth-order valence-corrected chi connectivity index (χ4v) is 2.90. The van der Waals surface area contributed by atoms with Crippen LogP contribution < -0.4 is 15.4 Å². The second-order valence-corrected chi connectivity index (χ2v) is 4.85. The summed E-state index contributed by atoms with van der Waals surface area (Å²) in [7, 11) is 1.73. The standard InChI is InChI=1S/C13H18N2O/c1-16-11-6-4-5-10-12(11)15-13(9-14-10)7-2-3-8-13/h4-6,14-15H,2-3,7-9H2,1H3. The molecule has 1 aliphatic heterocycles. The van der Waals surface area contributed by atoms with E-state index in [1.165, 1.54) is 25.7 Å². The first-order valence-electron chi connectivity index (χ1n) is 6.02. The molecule has 2 N–H and O–H groups in total. The molecule has 2 aliphatic rings. The van der Waals surface area contributed by atoms with Crippen molar-refractivity contribution in [3.05, 3.63) is 18.2 Å². The lowest BCUT2D eigenvalue weighted by Crippen LogP contribution is -2.45. The Kier molecular flexibility index (Phi) is 2.20. The van der Waals surface area contributed by atoms with Crippen LogP contribution in [0.15, 0.2) is 18.2 Å². The zero-order valence-corrected chi connectivity index (χ0v) is 9.68. The topological polar surface area (TPSA) is 33.3 Å². The average Bonchev–Trinajstić information content (AvgIpc) is 2.77. The van der Waals surface area contributed by atoms with E-state index in [-0.39, 0.29) is 5.54 Å². The van der Waals surface area contributed by atoms with Gasteiger partial charge in [-0.05, 0) is 25.0 Å². The molecule has 0 bridgehead atoms. The Morgan fingerprint density at radius 2 is 2.06 bits per heavy atom. The number of hydrogen-bond acceptors (Lipinski definition) is 3. The minimum Gasteiger partial charge on any atom is -0.495 e. The maximum atomic E-state index is 5.41. The van der Waals surface area contributed by atoms with E-state index in [1.54, 1.807) is 7.11 Å². The highest BCUT2D eigenvalue weighted by molar-refractivity contribution is 5.78. The molecular weight excluding hydrogens is 200 g/mol. The van der Waals surface area contributed by atoms with Crippen molar-refractivity contribution in [1.29, 1.82) is 0 Å². The monoisotopic (exact) mass is 218 g/mol. The summed E-state index contributed by atoms with van der Waals surface area (Å²) in [4.78, 5) is 0. The molecule has 0 unspecified atom stereocenters.